The van der Waals surface area contributed by atoms with Crippen LogP contribution in [0.3, 0.4) is 0 Å². The zero-order valence-corrected chi connectivity index (χ0v) is 13.3. The third-order valence-corrected chi connectivity index (χ3v) is 4.59. The number of hydrogen-bond acceptors (Lipinski definition) is 3. The first-order valence-electron chi connectivity index (χ1n) is 5.88. The molecule has 21 heavy (non-hydrogen) atoms. The second-order valence-corrected chi connectivity index (χ2v) is 6.84. The van der Waals surface area contributed by atoms with Gasteiger partial charge in [0.25, 0.3) is 15.3 Å². The molecule has 2 aromatic rings. The van der Waals surface area contributed by atoms with E-state index in [0.717, 1.165) is 5.56 Å². The summed E-state index contributed by atoms with van der Waals surface area (Å²) in [5, 5.41) is -0.298. The maximum atomic E-state index is 12.3. The minimum Gasteiger partial charge on any atom is -0.279 e. The van der Waals surface area contributed by atoms with Gasteiger partial charge in [-0.15, -0.1) is 0 Å². The number of rotatable bonds is 4. The molecule has 0 radical (unpaired) electrons. The molecule has 0 fully saturated rings. The minimum absolute atomic E-state index is 0.0421. The molecule has 110 valence electrons. The van der Waals surface area contributed by atoms with Crippen molar-refractivity contribution >= 4 is 44.2 Å². The molecule has 1 N–H and O–H groups in total. The van der Waals surface area contributed by atoms with E-state index in [4.69, 9.17) is 23.2 Å². The Kier molecular flexibility index (Phi) is 4.56. The average molecular weight is 344 g/mol. The van der Waals surface area contributed by atoms with Gasteiger partial charge in [-0.3, -0.25) is 9.52 Å². The van der Waals surface area contributed by atoms with Crippen molar-refractivity contribution < 1.29 is 13.2 Å². The van der Waals surface area contributed by atoms with Crippen LogP contribution in [-0.4, -0.2) is 13.7 Å². The molecule has 2 rings (SSSR count). The molecule has 0 aliphatic heterocycles. The summed E-state index contributed by atoms with van der Waals surface area (Å²) in [7, 11) is -3.82. The van der Waals surface area contributed by atoms with Crippen LogP contribution in [0.5, 0.6) is 0 Å². The third kappa shape index (κ3) is 3.75. The van der Waals surface area contributed by atoms with Crippen molar-refractivity contribution in [2.75, 3.05) is 4.72 Å². The van der Waals surface area contributed by atoms with Crippen molar-refractivity contribution in [2.24, 2.45) is 0 Å². The first kappa shape index (κ1) is 15.8. The van der Waals surface area contributed by atoms with Crippen LogP contribution < -0.4 is 4.72 Å². The zero-order valence-electron chi connectivity index (χ0n) is 10.9. The third-order valence-electron chi connectivity index (χ3n) is 2.76. The van der Waals surface area contributed by atoms with E-state index >= 15 is 0 Å². The molecule has 0 aliphatic carbocycles. The lowest BCUT2D eigenvalue weighted by molar-refractivity contribution is 0.108. The first-order chi connectivity index (χ1) is 9.79. The van der Waals surface area contributed by atoms with Gasteiger partial charge in [0, 0.05) is 5.02 Å². The number of hydrogen-bond donors (Lipinski definition) is 1. The fourth-order valence-corrected chi connectivity index (χ4v) is 3.09. The lowest BCUT2D eigenvalue weighted by atomic mass is 10.1. The number of nitrogens with one attached hydrogen (secondary N) is 1. The molecule has 0 saturated heterocycles. The largest absolute Gasteiger partial charge is 0.279 e. The van der Waals surface area contributed by atoms with Crippen molar-refractivity contribution in [3.63, 3.8) is 0 Å². The second-order valence-electron chi connectivity index (χ2n) is 4.38. The molecule has 0 spiro atoms. The zero-order chi connectivity index (χ0) is 15.6. The number of carbonyl (C=O) groups is 1. The highest BCUT2D eigenvalue weighted by molar-refractivity contribution is 7.92. The van der Waals surface area contributed by atoms with Crippen molar-refractivity contribution in [1.29, 1.82) is 0 Å². The van der Waals surface area contributed by atoms with Crippen LogP contribution in [0.1, 0.15) is 15.9 Å². The first-order valence-corrected chi connectivity index (χ1v) is 8.12. The van der Waals surface area contributed by atoms with Gasteiger partial charge in [-0.1, -0.05) is 23.2 Å². The molecular weight excluding hydrogens is 333 g/mol. The van der Waals surface area contributed by atoms with Crippen LogP contribution in [0.15, 0.2) is 47.4 Å². The van der Waals surface area contributed by atoms with Gasteiger partial charge in [0.1, 0.15) is 0 Å². The highest BCUT2D eigenvalue weighted by Crippen LogP contribution is 2.23. The average Bonchev–Trinajstić information content (AvgIpc) is 2.41. The fraction of sp³-hybridized carbons (Fsp3) is 0.0714. The minimum atomic E-state index is -3.82. The number of benzene rings is 2. The molecule has 4 nitrogen and oxygen atoms in total. The molecule has 0 amide bonds. The standard InChI is InChI=1S/C14H11Cl2NO3S/c1-9-2-7-13(12(8-9)14(16)18)17-21(19,20)11-5-3-10(15)4-6-11/h2-8,17H,1H3. The molecule has 0 unspecified atom stereocenters. The summed E-state index contributed by atoms with van der Waals surface area (Å²) in [6.45, 7) is 1.78. The molecule has 2 aromatic carbocycles. The van der Waals surface area contributed by atoms with E-state index in [1.54, 1.807) is 13.0 Å². The van der Waals surface area contributed by atoms with Crippen molar-refractivity contribution in [3.8, 4) is 0 Å². The summed E-state index contributed by atoms with van der Waals surface area (Å²) in [6, 6.07) is 10.4. The summed E-state index contributed by atoms with van der Waals surface area (Å²) in [5.74, 6) is 0. The molecule has 0 aliphatic rings. The van der Waals surface area contributed by atoms with Gasteiger partial charge >= 0.3 is 0 Å². The van der Waals surface area contributed by atoms with Gasteiger partial charge in [0.15, 0.2) is 0 Å². The lowest BCUT2D eigenvalue weighted by Crippen LogP contribution is -2.14. The predicted molar refractivity (Wildman–Crippen MR) is 83.6 cm³/mol. The molecule has 0 bridgehead atoms. The number of halogens is 2. The van der Waals surface area contributed by atoms with Crippen LogP contribution in [0, 0.1) is 6.92 Å². The Balaban J connectivity index is 2.41. The quantitative estimate of drug-likeness (QED) is 0.858. The van der Waals surface area contributed by atoms with Crippen LogP contribution in [0.2, 0.25) is 5.02 Å². The van der Waals surface area contributed by atoms with Crippen molar-refractivity contribution in [2.45, 2.75) is 11.8 Å². The molecule has 0 atom stereocenters. The lowest BCUT2D eigenvalue weighted by Gasteiger charge is -2.11. The second kappa shape index (κ2) is 6.05. The summed E-state index contributed by atoms with van der Waals surface area (Å²) in [4.78, 5) is 11.4. The van der Waals surface area contributed by atoms with Crippen LogP contribution in [0.4, 0.5) is 5.69 Å². The molecular formula is C14H11Cl2NO3S. The SMILES string of the molecule is Cc1ccc(NS(=O)(=O)c2ccc(Cl)cc2)c(C(=O)Cl)c1. The summed E-state index contributed by atoms with van der Waals surface area (Å²) >= 11 is 11.2. The maximum Gasteiger partial charge on any atom is 0.261 e. The van der Waals surface area contributed by atoms with Crippen LogP contribution in [-0.2, 0) is 10.0 Å². The Hall–Kier alpha value is -1.56. The Morgan fingerprint density at radius 2 is 1.71 bits per heavy atom. The van der Waals surface area contributed by atoms with E-state index in [1.165, 1.54) is 36.4 Å². The highest BCUT2D eigenvalue weighted by Gasteiger charge is 2.18. The Morgan fingerprint density at radius 3 is 2.29 bits per heavy atom. The highest BCUT2D eigenvalue weighted by atomic mass is 35.5. The van der Waals surface area contributed by atoms with Gasteiger partial charge in [-0.25, -0.2) is 8.42 Å². The van der Waals surface area contributed by atoms with E-state index < -0.39 is 15.3 Å². The number of sulfonamides is 1. The van der Waals surface area contributed by atoms with Crippen molar-refractivity contribution in [3.05, 3.63) is 58.6 Å². The van der Waals surface area contributed by atoms with E-state index in [2.05, 4.69) is 4.72 Å². The topological polar surface area (TPSA) is 63.2 Å². The Labute approximate surface area is 132 Å². The van der Waals surface area contributed by atoms with E-state index in [1.807, 2.05) is 0 Å². The summed E-state index contributed by atoms with van der Waals surface area (Å²) in [6.07, 6.45) is 0. The summed E-state index contributed by atoms with van der Waals surface area (Å²) in [5.41, 5.74) is 1.04. The van der Waals surface area contributed by atoms with E-state index in [9.17, 15) is 13.2 Å². The van der Waals surface area contributed by atoms with Gasteiger partial charge in [0.05, 0.1) is 16.1 Å². The Bertz CT molecular complexity index is 786. The number of anilines is 1. The Morgan fingerprint density at radius 1 is 1.10 bits per heavy atom. The monoisotopic (exact) mass is 343 g/mol. The molecule has 0 heterocycles. The van der Waals surface area contributed by atoms with Gasteiger partial charge in [0.2, 0.25) is 0 Å². The van der Waals surface area contributed by atoms with Crippen LogP contribution in [0.25, 0.3) is 0 Å². The molecule has 0 saturated carbocycles. The maximum absolute atomic E-state index is 12.3. The smallest absolute Gasteiger partial charge is 0.261 e. The van der Waals surface area contributed by atoms with Gasteiger partial charge in [-0.2, -0.15) is 0 Å². The van der Waals surface area contributed by atoms with Crippen LogP contribution >= 0.6 is 23.2 Å². The van der Waals surface area contributed by atoms with Gasteiger partial charge in [-0.05, 0) is 54.9 Å². The summed E-state index contributed by atoms with van der Waals surface area (Å²) < 4.78 is 26.9. The molecule has 0 aromatic heterocycles. The fourth-order valence-electron chi connectivity index (χ4n) is 1.73. The van der Waals surface area contributed by atoms with Gasteiger partial charge < -0.3 is 0 Å². The van der Waals surface area contributed by atoms with E-state index in [-0.39, 0.29) is 16.1 Å². The number of aryl methyl sites for hydroxylation is 1. The predicted octanol–water partition coefficient (Wildman–Crippen LogP) is 3.83. The normalized spacial score (nSPS) is 11.2. The molecule has 7 heteroatoms. The van der Waals surface area contributed by atoms with Crippen molar-refractivity contribution in [1.82, 2.24) is 0 Å². The number of carbonyl (C=O) groups excluding carboxylic acids is 1. The van der Waals surface area contributed by atoms with E-state index in [0.29, 0.717) is 5.02 Å².